The molecule has 0 heterocycles. The second-order valence-corrected chi connectivity index (χ2v) is 6.78. The van der Waals surface area contributed by atoms with Gasteiger partial charge in [0.2, 0.25) is 5.91 Å². The zero-order chi connectivity index (χ0) is 14.2. The molecule has 7 heteroatoms. The van der Waals surface area contributed by atoms with Crippen LogP contribution in [0.4, 0.5) is 0 Å². The summed E-state index contributed by atoms with van der Waals surface area (Å²) >= 11 is 0. The average Bonchev–Trinajstić information content (AvgIpc) is 2.21. The minimum absolute atomic E-state index is 0.00392. The SMILES string of the molecule is CC(C)NC(=O)CCS(=O)(=O)CCCCC(=O)O. The summed E-state index contributed by atoms with van der Waals surface area (Å²) in [5.41, 5.74) is 0. The topological polar surface area (TPSA) is 101 Å². The van der Waals surface area contributed by atoms with E-state index in [9.17, 15) is 18.0 Å². The molecule has 0 radical (unpaired) electrons. The van der Waals surface area contributed by atoms with Gasteiger partial charge in [-0.1, -0.05) is 0 Å². The quantitative estimate of drug-likeness (QED) is 0.601. The summed E-state index contributed by atoms with van der Waals surface area (Å²) in [4.78, 5) is 21.5. The highest BCUT2D eigenvalue weighted by atomic mass is 32.2. The van der Waals surface area contributed by atoms with Gasteiger partial charge >= 0.3 is 5.97 Å². The second-order valence-electron chi connectivity index (χ2n) is 4.47. The van der Waals surface area contributed by atoms with Gasteiger partial charge in [0.05, 0.1) is 11.5 Å². The summed E-state index contributed by atoms with van der Waals surface area (Å²) in [5.74, 6) is -1.45. The third-order valence-corrected chi connectivity index (χ3v) is 3.92. The maximum absolute atomic E-state index is 11.5. The van der Waals surface area contributed by atoms with E-state index < -0.39 is 15.8 Å². The Balaban J connectivity index is 3.87. The lowest BCUT2D eigenvalue weighted by Gasteiger charge is -2.08. The Morgan fingerprint density at radius 1 is 1.11 bits per heavy atom. The second kappa shape index (κ2) is 8.07. The molecule has 0 aromatic rings. The average molecular weight is 279 g/mol. The fourth-order valence-electron chi connectivity index (χ4n) is 1.34. The number of aliphatic carboxylic acids is 1. The molecule has 0 rings (SSSR count). The van der Waals surface area contributed by atoms with Gasteiger partial charge in [0.15, 0.2) is 9.84 Å². The molecule has 106 valence electrons. The Bertz CT molecular complexity index is 375. The van der Waals surface area contributed by atoms with Crippen LogP contribution >= 0.6 is 0 Å². The Morgan fingerprint density at radius 3 is 2.22 bits per heavy atom. The van der Waals surface area contributed by atoms with Crippen molar-refractivity contribution in [1.82, 2.24) is 5.32 Å². The molecule has 6 nitrogen and oxygen atoms in total. The van der Waals surface area contributed by atoms with Gasteiger partial charge in [0.1, 0.15) is 0 Å². The molecule has 1 amide bonds. The first-order valence-electron chi connectivity index (χ1n) is 5.94. The van der Waals surface area contributed by atoms with Crippen molar-refractivity contribution < 1.29 is 23.1 Å². The predicted octanol–water partition coefficient (Wildman–Crippen LogP) is 0.571. The number of carbonyl (C=O) groups excluding carboxylic acids is 1. The molecule has 0 fully saturated rings. The fraction of sp³-hybridized carbons (Fsp3) is 0.818. The van der Waals surface area contributed by atoms with Gasteiger partial charge in [-0.25, -0.2) is 8.42 Å². The molecule has 0 saturated heterocycles. The van der Waals surface area contributed by atoms with Gasteiger partial charge in [0, 0.05) is 18.9 Å². The standard InChI is InChI=1S/C11H21NO5S/c1-9(2)12-10(13)6-8-18(16,17)7-4-3-5-11(14)15/h9H,3-8H2,1-2H3,(H,12,13)(H,14,15). The minimum Gasteiger partial charge on any atom is -0.481 e. The van der Waals surface area contributed by atoms with Crippen LogP contribution in [0, 0.1) is 0 Å². The number of carbonyl (C=O) groups is 2. The summed E-state index contributed by atoms with van der Waals surface area (Å²) in [6, 6.07) is -0.00392. The van der Waals surface area contributed by atoms with E-state index in [2.05, 4.69) is 5.32 Å². The maximum Gasteiger partial charge on any atom is 0.303 e. The van der Waals surface area contributed by atoms with Crippen molar-refractivity contribution in [3.05, 3.63) is 0 Å². The number of sulfone groups is 1. The maximum atomic E-state index is 11.5. The lowest BCUT2D eigenvalue weighted by molar-refractivity contribution is -0.137. The van der Waals surface area contributed by atoms with Crippen LogP contribution in [0.2, 0.25) is 0 Å². The number of rotatable bonds is 9. The molecule has 0 saturated carbocycles. The summed E-state index contributed by atoms with van der Waals surface area (Å²) in [6.07, 6.45) is 0.593. The van der Waals surface area contributed by atoms with Crippen LogP contribution in [0.5, 0.6) is 0 Å². The van der Waals surface area contributed by atoms with E-state index >= 15 is 0 Å². The number of carboxylic acids is 1. The zero-order valence-electron chi connectivity index (χ0n) is 10.8. The van der Waals surface area contributed by atoms with Crippen molar-refractivity contribution in [2.24, 2.45) is 0 Å². The van der Waals surface area contributed by atoms with Gasteiger partial charge in [0.25, 0.3) is 0 Å². The van der Waals surface area contributed by atoms with E-state index in [0.29, 0.717) is 12.8 Å². The van der Waals surface area contributed by atoms with Crippen molar-refractivity contribution in [3.8, 4) is 0 Å². The lowest BCUT2D eigenvalue weighted by Crippen LogP contribution is -2.31. The van der Waals surface area contributed by atoms with Crippen LogP contribution < -0.4 is 5.32 Å². The van der Waals surface area contributed by atoms with Crippen molar-refractivity contribution in [2.45, 2.75) is 45.6 Å². The minimum atomic E-state index is -3.26. The summed E-state index contributed by atoms with van der Waals surface area (Å²) in [5, 5.41) is 11.0. The normalized spacial score (nSPS) is 11.5. The van der Waals surface area contributed by atoms with Gasteiger partial charge < -0.3 is 10.4 Å². The molecule has 18 heavy (non-hydrogen) atoms. The first kappa shape index (κ1) is 16.9. The van der Waals surface area contributed by atoms with Crippen LogP contribution in [0.1, 0.15) is 39.5 Å². The molecule has 2 N–H and O–H groups in total. The molecular weight excluding hydrogens is 258 g/mol. The number of hydrogen-bond acceptors (Lipinski definition) is 4. The molecule has 0 aliphatic carbocycles. The third kappa shape index (κ3) is 10.1. The van der Waals surface area contributed by atoms with Crippen molar-refractivity contribution in [3.63, 3.8) is 0 Å². The van der Waals surface area contributed by atoms with Crippen molar-refractivity contribution >= 4 is 21.7 Å². The zero-order valence-corrected chi connectivity index (χ0v) is 11.6. The van der Waals surface area contributed by atoms with Crippen LogP contribution in [-0.2, 0) is 19.4 Å². The Kier molecular flexibility index (Phi) is 7.58. The van der Waals surface area contributed by atoms with E-state index in [1.165, 1.54) is 0 Å². The van der Waals surface area contributed by atoms with E-state index in [1.807, 2.05) is 0 Å². The van der Waals surface area contributed by atoms with Crippen LogP contribution in [0.25, 0.3) is 0 Å². The summed E-state index contributed by atoms with van der Waals surface area (Å²) in [7, 11) is -3.26. The van der Waals surface area contributed by atoms with Crippen LogP contribution in [0.15, 0.2) is 0 Å². The Hall–Kier alpha value is -1.11. The van der Waals surface area contributed by atoms with E-state index in [4.69, 9.17) is 5.11 Å². The number of amides is 1. The van der Waals surface area contributed by atoms with Crippen LogP contribution in [-0.4, -0.2) is 42.9 Å². The first-order chi connectivity index (χ1) is 8.23. The molecule has 0 atom stereocenters. The highest BCUT2D eigenvalue weighted by Gasteiger charge is 2.14. The Morgan fingerprint density at radius 2 is 1.72 bits per heavy atom. The van der Waals surface area contributed by atoms with Gasteiger partial charge in [-0.15, -0.1) is 0 Å². The Labute approximate surface area is 108 Å². The first-order valence-corrected chi connectivity index (χ1v) is 7.76. The van der Waals surface area contributed by atoms with Gasteiger partial charge in [-0.05, 0) is 26.7 Å². The molecule has 0 unspecified atom stereocenters. The predicted molar refractivity (Wildman–Crippen MR) is 68.0 cm³/mol. The monoisotopic (exact) mass is 279 g/mol. The third-order valence-electron chi connectivity index (χ3n) is 2.19. The molecule has 0 aliphatic heterocycles. The largest absolute Gasteiger partial charge is 0.481 e. The van der Waals surface area contributed by atoms with Crippen molar-refractivity contribution in [2.75, 3.05) is 11.5 Å². The van der Waals surface area contributed by atoms with Crippen LogP contribution in [0.3, 0.4) is 0 Å². The molecule has 0 aromatic carbocycles. The molecule has 0 aliphatic rings. The highest BCUT2D eigenvalue weighted by molar-refractivity contribution is 7.91. The van der Waals surface area contributed by atoms with E-state index in [0.717, 1.165) is 0 Å². The summed E-state index contributed by atoms with van der Waals surface area (Å²) in [6.45, 7) is 3.61. The molecule has 0 spiro atoms. The van der Waals surface area contributed by atoms with Gasteiger partial charge in [-0.3, -0.25) is 9.59 Å². The number of hydrogen-bond donors (Lipinski definition) is 2. The highest BCUT2D eigenvalue weighted by Crippen LogP contribution is 2.02. The number of nitrogens with one attached hydrogen (secondary N) is 1. The molecule has 0 bridgehead atoms. The van der Waals surface area contributed by atoms with E-state index in [-0.39, 0.29) is 36.3 Å². The fourth-order valence-corrected chi connectivity index (χ4v) is 2.69. The lowest BCUT2D eigenvalue weighted by atomic mass is 10.2. The van der Waals surface area contributed by atoms with Crippen molar-refractivity contribution in [1.29, 1.82) is 0 Å². The smallest absolute Gasteiger partial charge is 0.303 e. The number of carboxylic acid groups (broad SMARTS) is 1. The molecule has 0 aromatic heterocycles. The molecular formula is C11H21NO5S. The van der Waals surface area contributed by atoms with Gasteiger partial charge in [-0.2, -0.15) is 0 Å². The van der Waals surface area contributed by atoms with E-state index in [1.54, 1.807) is 13.8 Å². The summed E-state index contributed by atoms with van der Waals surface area (Å²) < 4.78 is 23.1. The number of unbranched alkanes of at least 4 members (excludes halogenated alkanes) is 1.